The minimum atomic E-state index is -0.960. The summed E-state index contributed by atoms with van der Waals surface area (Å²) in [5, 5.41) is 13.8. The number of carbonyl (C=O) groups is 3. The van der Waals surface area contributed by atoms with Gasteiger partial charge in [0.05, 0.1) is 12.3 Å². The minimum Gasteiger partial charge on any atom is -0.481 e. The average molecular weight is 320 g/mol. The number of carboxylic acid groups (broad SMARTS) is 1. The third-order valence-electron chi connectivity index (χ3n) is 3.77. The van der Waals surface area contributed by atoms with E-state index in [9.17, 15) is 14.4 Å². The second kappa shape index (κ2) is 8.17. The largest absolute Gasteiger partial charge is 0.481 e. The molecule has 1 aliphatic carbocycles. The third kappa shape index (κ3) is 5.28. The molecule has 0 radical (unpaired) electrons. The summed E-state index contributed by atoms with van der Waals surface area (Å²) in [7, 11) is 0. The number of aliphatic carboxylic acids is 1. The standard InChI is InChI=1S/C16H20N2O5/c19-14(20)8-9-17-15(21)12-6-7-13(12)18-16(22)23-10-11-4-2-1-3-5-11/h1-5,12-13H,6-10H2,(H,17,21)(H,18,22)(H,19,20)/t12-,13-/m1/s1. The summed E-state index contributed by atoms with van der Waals surface area (Å²) in [5.74, 6) is -1.52. The van der Waals surface area contributed by atoms with E-state index in [0.717, 1.165) is 5.56 Å². The van der Waals surface area contributed by atoms with Crippen LogP contribution >= 0.6 is 0 Å². The maximum atomic E-state index is 11.9. The molecule has 2 rings (SSSR count). The molecule has 0 aliphatic heterocycles. The van der Waals surface area contributed by atoms with Gasteiger partial charge in [0.15, 0.2) is 0 Å². The number of rotatable bonds is 7. The number of nitrogens with one attached hydrogen (secondary N) is 2. The van der Waals surface area contributed by atoms with Crippen molar-refractivity contribution in [1.82, 2.24) is 10.6 Å². The smallest absolute Gasteiger partial charge is 0.407 e. The van der Waals surface area contributed by atoms with E-state index in [2.05, 4.69) is 10.6 Å². The highest BCUT2D eigenvalue weighted by atomic mass is 16.5. The van der Waals surface area contributed by atoms with Gasteiger partial charge < -0.3 is 20.5 Å². The van der Waals surface area contributed by atoms with Crippen LogP contribution in [0.3, 0.4) is 0 Å². The Hall–Kier alpha value is -2.57. The van der Waals surface area contributed by atoms with Crippen molar-refractivity contribution >= 4 is 18.0 Å². The zero-order valence-corrected chi connectivity index (χ0v) is 12.7. The lowest BCUT2D eigenvalue weighted by Crippen LogP contribution is -2.53. The number of hydrogen-bond acceptors (Lipinski definition) is 4. The number of carbonyl (C=O) groups excluding carboxylic acids is 2. The fourth-order valence-electron chi connectivity index (χ4n) is 2.33. The predicted molar refractivity (Wildman–Crippen MR) is 81.5 cm³/mol. The van der Waals surface area contributed by atoms with Gasteiger partial charge in [0, 0.05) is 12.6 Å². The van der Waals surface area contributed by atoms with E-state index in [4.69, 9.17) is 9.84 Å². The second-order valence-corrected chi connectivity index (χ2v) is 5.43. The highest BCUT2D eigenvalue weighted by molar-refractivity contribution is 5.82. The van der Waals surface area contributed by atoms with Gasteiger partial charge >= 0.3 is 12.1 Å². The van der Waals surface area contributed by atoms with E-state index in [1.165, 1.54) is 0 Å². The number of hydrogen-bond donors (Lipinski definition) is 3. The number of ether oxygens (including phenoxy) is 1. The first-order valence-corrected chi connectivity index (χ1v) is 7.53. The van der Waals surface area contributed by atoms with Crippen molar-refractivity contribution in [2.45, 2.75) is 31.9 Å². The molecular weight excluding hydrogens is 300 g/mol. The zero-order valence-electron chi connectivity index (χ0n) is 12.7. The van der Waals surface area contributed by atoms with E-state index in [1.807, 2.05) is 30.3 Å². The topological polar surface area (TPSA) is 105 Å². The minimum absolute atomic E-state index is 0.0931. The monoisotopic (exact) mass is 320 g/mol. The Morgan fingerprint density at radius 1 is 1.17 bits per heavy atom. The van der Waals surface area contributed by atoms with E-state index in [1.54, 1.807) is 0 Å². The first-order valence-electron chi connectivity index (χ1n) is 7.53. The van der Waals surface area contributed by atoms with Crippen LogP contribution in [0.15, 0.2) is 30.3 Å². The number of alkyl carbamates (subject to hydrolysis) is 1. The summed E-state index contributed by atoms with van der Waals surface area (Å²) in [6.07, 6.45) is 0.706. The van der Waals surface area contributed by atoms with Gasteiger partial charge in [-0.3, -0.25) is 9.59 Å². The fourth-order valence-corrected chi connectivity index (χ4v) is 2.33. The molecule has 1 fully saturated rings. The van der Waals surface area contributed by atoms with Crippen molar-refractivity contribution in [1.29, 1.82) is 0 Å². The van der Waals surface area contributed by atoms with Crippen LogP contribution in [-0.2, 0) is 20.9 Å². The molecule has 1 saturated carbocycles. The third-order valence-corrected chi connectivity index (χ3v) is 3.77. The van der Waals surface area contributed by atoms with Crippen LogP contribution in [0.1, 0.15) is 24.8 Å². The Bertz CT molecular complexity index is 561. The van der Waals surface area contributed by atoms with Gasteiger partial charge in [0.25, 0.3) is 0 Å². The molecule has 2 atom stereocenters. The zero-order chi connectivity index (χ0) is 16.7. The Morgan fingerprint density at radius 2 is 1.91 bits per heavy atom. The van der Waals surface area contributed by atoms with Crippen molar-refractivity contribution < 1.29 is 24.2 Å². The van der Waals surface area contributed by atoms with Gasteiger partial charge in [-0.1, -0.05) is 30.3 Å². The molecule has 0 spiro atoms. The molecule has 0 unspecified atom stereocenters. The van der Waals surface area contributed by atoms with Crippen molar-refractivity contribution in [3.05, 3.63) is 35.9 Å². The van der Waals surface area contributed by atoms with Gasteiger partial charge in [-0.2, -0.15) is 0 Å². The lowest BCUT2D eigenvalue weighted by molar-refractivity contribution is -0.137. The molecule has 1 aliphatic rings. The molecule has 1 aromatic rings. The van der Waals surface area contributed by atoms with Crippen molar-refractivity contribution in [3.8, 4) is 0 Å². The summed E-state index contributed by atoms with van der Waals surface area (Å²) in [4.78, 5) is 34.0. The number of carboxylic acids is 1. The van der Waals surface area contributed by atoms with Crippen molar-refractivity contribution in [2.24, 2.45) is 5.92 Å². The van der Waals surface area contributed by atoms with Gasteiger partial charge in [-0.25, -0.2) is 4.79 Å². The SMILES string of the molecule is O=C(O)CCNC(=O)[C@@H]1CC[C@H]1NC(=O)OCc1ccccc1. The molecular formula is C16H20N2O5. The maximum Gasteiger partial charge on any atom is 0.407 e. The summed E-state index contributed by atoms with van der Waals surface area (Å²) < 4.78 is 5.12. The van der Waals surface area contributed by atoms with E-state index in [0.29, 0.717) is 12.8 Å². The van der Waals surface area contributed by atoms with Crippen LogP contribution in [0, 0.1) is 5.92 Å². The highest BCUT2D eigenvalue weighted by Gasteiger charge is 2.37. The lowest BCUT2D eigenvalue weighted by atomic mass is 9.79. The fraction of sp³-hybridized carbons (Fsp3) is 0.438. The second-order valence-electron chi connectivity index (χ2n) is 5.43. The lowest BCUT2D eigenvalue weighted by Gasteiger charge is -2.35. The van der Waals surface area contributed by atoms with Crippen LogP contribution in [0.4, 0.5) is 4.79 Å². The average Bonchev–Trinajstić information content (AvgIpc) is 2.50. The normalized spacial score (nSPS) is 19.3. The molecule has 23 heavy (non-hydrogen) atoms. The molecule has 7 nitrogen and oxygen atoms in total. The van der Waals surface area contributed by atoms with E-state index in [-0.39, 0.29) is 37.4 Å². The van der Waals surface area contributed by atoms with Gasteiger partial charge in [0.2, 0.25) is 5.91 Å². The Morgan fingerprint density at radius 3 is 2.52 bits per heavy atom. The van der Waals surface area contributed by atoms with E-state index >= 15 is 0 Å². The van der Waals surface area contributed by atoms with Crippen molar-refractivity contribution in [3.63, 3.8) is 0 Å². The number of benzene rings is 1. The van der Waals surface area contributed by atoms with Crippen LogP contribution in [0.5, 0.6) is 0 Å². The summed E-state index contributed by atoms with van der Waals surface area (Å²) >= 11 is 0. The molecule has 0 heterocycles. The van der Waals surface area contributed by atoms with Gasteiger partial charge in [-0.15, -0.1) is 0 Å². The summed E-state index contributed by atoms with van der Waals surface area (Å²) in [6, 6.07) is 9.05. The molecule has 0 aromatic heterocycles. The number of amides is 2. The molecule has 2 amide bonds. The molecule has 3 N–H and O–H groups in total. The molecule has 124 valence electrons. The molecule has 7 heteroatoms. The Balaban J connectivity index is 1.69. The Kier molecular flexibility index (Phi) is 5.96. The van der Waals surface area contributed by atoms with Crippen LogP contribution in [0.2, 0.25) is 0 Å². The van der Waals surface area contributed by atoms with E-state index < -0.39 is 12.1 Å². The summed E-state index contributed by atoms with van der Waals surface area (Å²) in [5.41, 5.74) is 0.888. The quantitative estimate of drug-likeness (QED) is 0.702. The Labute approximate surface area is 134 Å². The maximum absolute atomic E-state index is 11.9. The molecule has 0 bridgehead atoms. The van der Waals surface area contributed by atoms with Crippen LogP contribution < -0.4 is 10.6 Å². The highest BCUT2D eigenvalue weighted by Crippen LogP contribution is 2.27. The van der Waals surface area contributed by atoms with Crippen molar-refractivity contribution in [2.75, 3.05) is 6.54 Å². The molecule has 1 aromatic carbocycles. The van der Waals surface area contributed by atoms with Gasteiger partial charge in [0.1, 0.15) is 6.61 Å². The van der Waals surface area contributed by atoms with Gasteiger partial charge in [-0.05, 0) is 18.4 Å². The van der Waals surface area contributed by atoms with Crippen LogP contribution in [-0.4, -0.2) is 35.7 Å². The first kappa shape index (κ1) is 16.8. The molecule has 0 saturated heterocycles. The predicted octanol–water partition coefficient (Wildman–Crippen LogP) is 1.28. The van der Waals surface area contributed by atoms with Crippen LogP contribution in [0.25, 0.3) is 0 Å². The summed E-state index contributed by atoms with van der Waals surface area (Å²) in [6.45, 7) is 0.269. The first-order chi connectivity index (χ1) is 11.1.